The summed E-state index contributed by atoms with van der Waals surface area (Å²) in [5.41, 5.74) is 0. The lowest BCUT2D eigenvalue weighted by Gasteiger charge is -2.16. The lowest BCUT2D eigenvalue weighted by Crippen LogP contribution is -2.36. The highest BCUT2D eigenvalue weighted by Crippen LogP contribution is 2.33. The molecule has 2 aliphatic rings. The second kappa shape index (κ2) is 14.3. The number of thioether (sulfide) groups is 1. The second-order valence-corrected chi connectivity index (χ2v) is 12.1. The standard InChI is InChI=1S/C20H36N4O3S3/c1-14(2)7-9-21-18(26)8-11-29-30-12-10-22-17(25)6-4-3-5-16-19-15(13-28-16)23-20(27)24-19/h14-16,19H,3-13H2,1-2H3,(H,21,26)(H,22,25)(H2,23,24,27)/t15-,16-,19-/m0/s1. The van der Waals surface area contributed by atoms with Gasteiger partial charge in [-0.1, -0.05) is 41.9 Å². The summed E-state index contributed by atoms with van der Waals surface area (Å²) in [6.45, 7) is 5.72. The number of urea groups is 1. The molecule has 2 fully saturated rings. The SMILES string of the molecule is CC(C)CCNC(=O)CCSSCCNC(=O)CCCC[C@@H]1SC[C@@H]2NC(=O)N[C@@H]21. The van der Waals surface area contributed by atoms with E-state index in [-0.39, 0.29) is 29.9 Å². The van der Waals surface area contributed by atoms with Crippen molar-refractivity contribution < 1.29 is 14.4 Å². The number of nitrogens with one attached hydrogen (secondary N) is 4. The van der Waals surface area contributed by atoms with E-state index in [1.54, 1.807) is 21.6 Å². The summed E-state index contributed by atoms with van der Waals surface area (Å²) in [5, 5.41) is 12.3. The van der Waals surface area contributed by atoms with E-state index in [1.165, 1.54) is 0 Å². The van der Waals surface area contributed by atoms with Gasteiger partial charge >= 0.3 is 6.03 Å². The molecular weight excluding hydrogens is 440 g/mol. The fourth-order valence-electron chi connectivity index (χ4n) is 3.44. The van der Waals surface area contributed by atoms with E-state index in [0.717, 1.165) is 49.5 Å². The average Bonchev–Trinajstić information content (AvgIpc) is 3.23. The van der Waals surface area contributed by atoms with Crippen LogP contribution >= 0.6 is 33.3 Å². The molecule has 0 aromatic heterocycles. The first-order valence-corrected chi connectivity index (χ1v) is 14.5. The molecule has 2 heterocycles. The summed E-state index contributed by atoms with van der Waals surface area (Å²) in [5.74, 6) is 3.46. The van der Waals surface area contributed by atoms with Crippen LogP contribution in [0, 0.1) is 5.92 Å². The van der Waals surface area contributed by atoms with Crippen LogP contribution in [0.2, 0.25) is 0 Å². The topological polar surface area (TPSA) is 99.3 Å². The number of rotatable bonds is 15. The van der Waals surface area contributed by atoms with Crippen molar-refractivity contribution in [1.29, 1.82) is 0 Å². The fraction of sp³-hybridized carbons (Fsp3) is 0.850. The maximum Gasteiger partial charge on any atom is 0.315 e. The van der Waals surface area contributed by atoms with E-state index < -0.39 is 0 Å². The van der Waals surface area contributed by atoms with Crippen molar-refractivity contribution in [2.75, 3.05) is 30.3 Å². The van der Waals surface area contributed by atoms with Crippen LogP contribution in [0.15, 0.2) is 0 Å². The minimum absolute atomic E-state index is 0.0457. The van der Waals surface area contributed by atoms with Gasteiger partial charge in [0.25, 0.3) is 0 Å². The van der Waals surface area contributed by atoms with Crippen molar-refractivity contribution in [3.63, 3.8) is 0 Å². The number of unbranched alkanes of at least 4 members (excludes halogenated alkanes) is 1. The highest BCUT2D eigenvalue weighted by molar-refractivity contribution is 8.76. The molecule has 2 aliphatic heterocycles. The van der Waals surface area contributed by atoms with E-state index in [4.69, 9.17) is 0 Å². The molecule has 0 aromatic rings. The Kier molecular flexibility index (Phi) is 12.2. The number of carbonyl (C=O) groups excluding carboxylic acids is 3. The Bertz CT molecular complexity index is 565. The van der Waals surface area contributed by atoms with Gasteiger partial charge in [-0.05, 0) is 25.2 Å². The van der Waals surface area contributed by atoms with Gasteiger partial charge in [-0.2, -0.15) is 11.8 Å². The van der Waals surface area contributed by atoms with Crippen LogP contribution in [-0.4, -0.2) is 65.5 Å². The number of carbonyl (C=O) groups is 3. The predicted molar refractivity (Wildman–Crippen MR) is 129 cm³/mol. The molecule has 7 nitrogen and oxygen atoms in total. The number of hydrogen-bond acceptors (Lipinski definition) is 6. The molecule has 0 spiro atoms. The molecule has 3 atom stereocenters. The lowest BCUT2D eigenvalue weighted by molar-refractivity contribution is -0.121. The number of hydrogen-bond donors (Lipinski definition) is 4. The molecule has 0 saturated carbocycles. The van der Waals surface area contributed by atoms with E-state index in [1.807, 2.05) is 11.8 Å². The third-order valence-corrected chi connectivity index (χ3v) is 9.04. The van der Waals surface area contributed by atoms with E-state index in [0.29, 0.717) is 30.6 Å². The summed E-state index contributed by atoms with van der Waals surface area (Å²) < 4.78 is 0. The van der Waals surface area contributed by atoms with Crippen LogP contribution in [0.5, 0.6) is 0 Å². The third kappa shape index (κ3) is 10.0. The highest BCUT2D eigenvalue weighted by Gasteiger charge is 2.42. The van der Waals surface area contributed by atoms with E-state index >= 15 is 0 Å². The Balaban J connectivity index is 1.37. The van der Waals surface area contributed by atoms with Crippen LogP contribution < -0.4 is 21.3 Å². The van der Waals surface area contributed by atoms with Crippen LogP contribution in [0.25, 0.3) is 0 Å². The molecule has 10 heteroatoms. The summed E-state index contributed by atoms with van der Waals surface area (Å²) in [6.07, 6.45) is 5.05. The molecule has 30 heavy (non-hydrogen) atoms. The first-order chi connectivity index (χ1) is 14.5. The van der Waals surface area contributed by atoms with Gasteiger partial charge in [0, 0.05) is 48.4 Å². The van der Waals surface area contributed by atoms with Crippen molar-refractivity contribution in [2.45, 2.75) is 69.7 Å². The minimum atomic E-state index is -0.0457. The van der Waals surface area contributed by atoms with Gasteiger partial charge < -0.3 is 21.3 Å². The molecule has 0 radical (unpaired) electrons. The van der Waals surface area contributed by atoms with Crippen molar-refractivity contribution in [2.24, 2.45) is 5.92 Å². The summed E-state index contributed by atoms with van der Waals surface area (Å²) in [7, 11) is 3.38. The molecule has 172 valence electrons. The number of fused-ring (bicyclic) bond motifs is 1. The molecule has 2 rings (SSSR count). The zero-order valence-corrected chi connectivity index (χ0v) is 20.5. The van der Waals surface area contributed by atoms with Gasteiger partial charge in [-0.3, -0.25) is 9.59 Å². The molecule has 4 N–H and O–H groups in total. The monoisotopic (exact) mass is 476 g/mol. The summed E-state index contributed by atoms with van der Waals surface area (Å²) in [6, 6.07) is 0.470. The Morgan fingerprint density at radius 3 is 2.60 bits per heavy atom. The van der Waals surface area contributed by atoms with Gasteiger partial charge in [0.1, 0.15) is 0 Å². The highest BCUT2D eigenvalue weighted by atomic mass is 33.1. The minimum Gasteiger partial charge on any atom is -0.356 e. The molecule has 0 bridgehead atoms. The normalized spacial score (nSPS) is 22.5. The Morgan fingerprint density at radius 2 is 1.80 bits per heavy atom. The number of amides is 4. The second-order valence-electron chi connectivity index (χ2n) is 8.14. The van der Waals surface area contributed by atoms with Crippen molar-refractivity contribution >= 4 is 51.2 Å². The smallest absolute Gasteiger partial charge is 0.315 e. The largest absolute Gasteiger partial charge is 0.356 e. The summed E-state index contributed by atoms with van der Waals surface area (Å²) in [4.78, 5) is 35.0. The first-order valence-electron chi connectivity index (χ1n) is 10.9. The Hall–Kier alpha value is -0.740. The van der Waals surface area contributed by atoms with Gasteiger partial charge in [0.2, 0.25) is 11.8 Å². The quantitative estimate of drug-likeness (QED) is 0.165. The molecule has 0 aromatic carbocycles. The van der Waals surface area contributed by atoms with Gasteiger partial charge in [-0.25, -0.2) is 4.79 Å². The Morgan fingerprint density at radius 1 is 1.07 bits per heavy atom. The van der Waals surface area contributed by atoms with Crippen LogP contribution in [0.4, 0.5) is 4.79 Å². The van der Waals surface area contributed by atoms with Gasteiger partial charge in [0.15, 0.2) is 0 Å². The van der Waals surface area contributed by atoms with Gasteiger partial charge in [-0.15, -0.1) is 0 Å². The van der Waals surface area contributed by atoms with Crippen molar-refractivity contribution in [1.82, 2.24) is 21.3 Å². The Labute approximate surface area is 192 Å². The molecule has 0 aliphatic carbocycles. The molecular formula is C20H36N4O3S3. The van der Waals surface area contributed by atoms with Crippen LogP contribution in [0.3, 0.4) is 0 Å². The molecule has 0 unspecified atom stereocenters. The average molecular weight is 477 g/mol. The van der Waals surface area contributed by atoms with E-state index in [2.05, 4.69) is 35.1 Å². The zero-order valence-electron chi connectivity index (χ0n) is 18.0. The van der Waals surface area contributed by atoms with Gasteiger partial charge in [0.05, 0.1) is 12.1 Å². The van der Waals surface area contributed by atoms with Crippen LogP contribution in [-0.2, 0) is 9.59 Å². The predicted octanol–water partition coefficient (Wildman–Crippen LogP) is 2.76. The maximum absolute atomic E-state index is 11.9. The third-order valence-electron chi connectivity index (χ3n) is 5.13. The zero-order chi connectivity index (χ0) is 21.8. The van der Waals surface area contributed by atoms with Crippen molar-refractivity contribution in [3.05, 3.63) is 0 Å². The molecule has 4 amide bonds. The molecule has 2 saturated heterocycles. The fourth-order valence-corrected chi connectivity index (χ4v) is 6.88. The first kappa shape index (κ1) is 25.5. The summed E-state index contributed by atoms with van der Waals surface area (Å²) >= 11 is 1.92. The van der Waals surface area contributed by atoms with Crippen LogP contribution in [0.1, 0.15) is 52.4 Å². The van der Waals surface area contributed by atoms with E-state index in [9.17, 15) is 14.4 Å². The maximum atomic E-state index is 11.9. The lowest BCUT2D eigenvalue weighted by atomic mass is 10.0. The van der Waals surface area contributed by atoms with Crippen molar-refractivity contribution in [3.8, 4) is 0 Å².